The van der Waals surface area contributed by atoms with E-state index in [4.69, 9.17) is 16.0 Å². The van der Waals surface area contributed by atoms with Crippen LogP contribution in [0.25, 0.3) is 11.3 Å². The van der Waals surface area contributed by atoms with E-state index in [1.54, 1.807) is 13.1 Å². The van der Waals surface area contributed by atoms with Crippen LogP contribution in [-0.2, 0) is 0 Å². The van der Waals surface area contributed by atoms with E-state index in [0.29, 0.717) is 16.7 Å². The summed E-state index contributed by atoms with van der Waals surface area (Å²) < 4.78 is 5.43. The molecule has 0 N–H and O–H groups in total. The topological polar surface area (TPSA) is 38.9 Å². The Morgan fingerprint density at radius 2 is 2.07 bits per heavy atom. The molecule has 0 amide bonds. The fourth-order valence-corrected chi connectivity index (χ4v) is 1.45. The number of aromatic nitrogens is 2. The molecule has 0 unspecified atom stereocenters. The van der Waals surface area contributed by atoms with E-state index in [9.17, 15) is 0 Å². The predicted molar refractivity (Wildman–Crippen MR) is 54.2 cm³/mol. The Labute approximate surface area is 86.8 Å². The molecule has 0 atom stereocenters. The van der Waals surface area contributed by atoms with Gasteiger partial charge in [0.1, 0.15) is 22.5 Å². The maximum Gasteiger partial charge on any atom is 0.143 e. The van der Waals surface area contributed by atoms with Crippen molar-refractivity contribution >= 4 is 11.6 Å². The molecule has 0 bridgehead atoms. The van der Waals surface area contributed by atoms with E-state index >= 15 is 0 Å². The zero-order valence-electron chi connectivity index (χ0n) is 7.91. The zero-order chi connectivity index (χ0) is 10.1. The molecule has 0 fully saturated rings. The summed E-state index contributed by atoms with van der Waals surface area (Å²) in [6.45, 7) is 3.68. The third-order valence-corrected chi connectivity index (χ3v) is 2.16. The summed E-state index contributed by atoms with van der Waals surface area (Å²) in [6, 6.07) is 3.74. The normalized spacial score (nSPS) is 10.5. The van der Waals surface area contributed by atoms with Crippen molar-refractivity contribution in [2.45, 2.75) is 13.8 Å². The summed E-state index contributed by atoms with van der Waals surface area (Å²) in [7, 11) is 0. The highest BCUT2D eigenvalue weighted by Gasteiger charge is 2.08. The van der Waals surface area contributed by atoms with Crippen molar-refractivity contribution in [1.29, 1.82) is 0 Å². The molecule has 4 heteroatoms. The molecule has 2 aromatic rings. The van der Waals surface area contributed by atoms with Crippen molar-refractivity contribution in [2.24, 2.45) is 0 Å². The molecular formula is C10H9ClN2O. The van der Waals surface area contributed by atoms with Gasteiger partial charge in [-0.1, -0.05) is 11.6 Å². The average molecular weight is 209 g/mol. The lowest BCUT2D eigenvalue weighted by atomic mass is 10.2. The Bertz CT molecular complexity index is 465. The summed E-state index contributed by atoms with van der Waals surface area (Å²) in [5, 5.41) is 0.423. The average Bonchev–Trinajstić information content (AvgIpc) is 2.51. The number of nitrogens with zero attached hydrogens (tertiary/aromatic N) is 2. The van der Waals surface area contributed by atoms with Crippen LogP contribution in [0.2, 0.25) is 5.15 Å². The number of furan rings is 1. The maximum absolute atomic E-state index is 5.96. The fourth-order valence-electron chi connectivity index (χ4n) is 1.19. The van der Waals surface area contributed by atoms with Gasteiger partial charge in [0, 0.05) is 6.20 Å². The SMILES string of the molecule is Cc1ncc(-c2ccc(C)o2)c(Cl)n1. The van der Waals surface area contributed by atoms with Crippen LogP contribution in [0.15, 0.2) is 22.7 Å². The van der Waals surface area contributed by atoms with Crippen LogP contribution in [0.4, 0.5) is 0 Å². The summed E-state index contributed by atoms with van der Waals surface area (Å²) in [4.78, 5) is 8.12. The monoisotopic (exact) mass is 208 g/mol. The van der Waals surface area contributed by atoms with Crippen LogP contribution in [0.1, 0.15) is 11.6 Å². The number of hydrogen-bond acceptors (Lipinski definition) is 3. The quantitative estimate of drug-likeness (QED) is 0.677. The van der Waals surface area contributed by atoms with E-state index < -0.39 is 0 Å². The van der Waals surface area contributed by atoms with Crippen molar-refractivity contribution in [2.75, 3.05) is 0 Å². The van der Waals surface area contributed by atoms with Gasteiger partial charge in [-0.3, -0.25) is 0 Å². The molecule has 0 radical (unpaired) electrons. The molecule has 72 valence electrons. The first-order valence-electron chi connectivity index (χ1n) is 4.23. The molecule has 2 heterocycles. The van der Waals surface area contributed by atoms with Crippen molar-refractivity contribution in [3.05, 3.63) is 35.1 Å². The maximum atomic E-state index is 5.96. The minimum absolute atomic E-state index is 0.423. The molecule has 0 spiro atoms. The molecule has 2 rings (SSSR count). The zero-order valence-corrected chi connectivity index (χ0v) is 8.67. The third kappa shape index (κ3) is 1.63. The van der Waals surface area contributed by atoms with E-state index in [-0.39, 0.29) is 0 Å². The Kier molecular flexibility index (Phi) is 2.25. The Morgan fingerprint density at radius 1 is 1.29 bits per heavy atom. The standard InChI is InChI=1S/C10H9ClN2O/c1-6-3-4-9(14-6)8-5-12-7(2)13-10(8)11/h3-5H,1-2H3. The highest BCUT2D eigenvalue weighted by atomic mass is 35.5. The smallest absolute Gasteiger partial charge is 0.143 e. The number of halogens is 1. The predicted octanol–water partition coefficient (Wildman–Crippen LogP) is 3.01. The lowest BCUT2D eigenvalue weighted by Gasteiger charge is -1.99. The molecule has 2 aromatic heterocycles. The highest BCUT2D eigenvalue weighted by molar-refractivity contribution is 6.31. The number of aryl methyl sites for hydroxylation is 2. The van der Waals surface area contributed by atoms with E-state index in [1.165, 1.54) is 0 Å². The molecular weight excluding hydrogens is 200 g/mol. The van der Waals surface area contributed by atoms with Gasteiger partial charge in [0.25, 0.3) is 0 Å². The molecule has 0 saturated heterocycles. The second kappa shape index (κ2) is 3.42. The van der Waals surface area contributed by atoms with Crippen molar-refractivity contribution in [3.8, 4) is 11.3 Å². The van der Waals surface area contributed by atoms with Gasteiger partial charge in [0.15, 0.2) is 0 Å². The summed E-state index contributed by atoms with van der Waals surface area (Å²) in [5.74, 6) is 2.20. The van der Waals surface area contributed by atoms with Crippen LogP contribution < -0.4 is 0 Å². The van der Waals surface area contributed by atoms with Gasteiger partial charge in [-0.25, -0.2) is 9.97 Å². The first-order valence-corrected chi connectivity index (χ1v) is 4.60. The van der Waals surface area contributed by atoms with Gasteiger partial charge in [0.05, 0.1) is 5.56 Å². The molecule has 0 aromatic carbocycles. The summed E-state index contributed by atoms with van der Waals surface area (Å²) in [5.41, 5.74) is 0.727. The molecule has 0 aliphatic heterocycles. The van der Waals surface area contributed by atoms with Crippen LogP contribution >= 0.6 is 11.6 Å². The molecule has 14 heavy (non-hydrogen) atoms. The van der Waals surface area contributed by atoms with Crippen LogP contribution in [0.5, 0.6) is 0 Å². The van der Waals surface area contributed by atoms with E-state index in [2.05, 4.69) is 9.97 Å². The Hall–Kier alpha value is -1.35. The Balaban J connectivity index is 2.52. The fraction of sp³-hybridized carbons (Fsp3) is 0.200. The first-order chi connectivity index (χ1) is 6.66. The summed E-state index contributed by atoms with van der Waals surface area (Å²) >= 11 is 5.96. The van der Waals surface area contributed by atoms with Gasteiger partial charge in [-0.05, 0) is 26.0 Å². The Morgan fingerprint density at radius 3 is 2.64 bits per heavy atom. The van der Waals surface area contributed by atoms with Gasteiger partial charge in [0.2, 0.25) is 0 Å². The van der Waals surface area contributed by atoms with Gasteiger partial charge in [-0.2, -0.15) is 0 Å². The minimum Gasteiger partial charge on any atom is -0.461 e. The second-order valence-corrected chi connectivity index (χ2v) is 3.39. The van der Waals surface area contributed by atoms with Gasteiger partial charge >= 0.3 is 0 Å². The minimum atomic E-state index is 0.423. The lowest BCUT2D eigenvalue weighted by Crippen LogP contribution is -1.89. The van der Waals surface area contributed by atoms with Gasteiger partial charge < -0.3 is 4.42 Å². The van der Waals surface area contributed by atoms with Crippen LogP contribution in [0, 0.1) is 13.8 Å². The van der Waals surface area contributed by atoms with Crippen LogP contribution in [-0.4, -0.2) is 9.97 Å². The van der Waals surface area contributed by atoms with E-state index in [1.807, 2.05) is 19.1 Å². The molecule has 0 saturated carbocycles. The summed E-state index contributed by atoms with van der Waals surface area (Å²) in [6.07, 6.45) is 1.67. The second-order valence-electron chi connectivity index (χ2n) is 3.03. The third-order valence-electron chi connectivity index (χ3n) is 1.87. The number of hydrogen-bond donors (Lipinski definition) is 0. The van der Waals surface area contributed by atoms with Crippen molar-refractivity contribution in [3.63, 3.8) is 0 Å². The van der Waals surface area contributed by atoms with E-state index in [0.717, 1.165) is 11.3 Å². The molecule has 3 nitrogen and oxygen atoms in total. The van der Waals surface area contributed by atoms with Crippen molar-refractivity contribution < 1.29 is 4.42 Å². The van der Waals surface area contributed by atoms with Gasteiger partial charge in [-0.15, -0.1) is 0 Å². The highest BCUT2D eigenvalue weighted by Crippen LogP contribution is 2.26. The van der Waals surface area contributed by atoms with Crippen LogP contribution in [0.3, 0.4) is 0 Å². The first kappa shape index (κ1) is 9.21. The molecule has 0 aliphatic carbocycles. The number of rotatable bonds is 1. The molecule has 0 aliphatic rings. The largest absolute Gasteiger partial charge is 0.461 e. The lowest BCUT2D eigenvalue weighted by molar-refractivity contribution is 0.548. The van der Waals surface area contributed by atoms with Crippen molar-refractivity contribution in [1.82, 2.24) is 9.97 Å².